The Labute approximate surface area is 253 Å². The quantitative estimate of drug-likeness (QED) is 0.277. The maximum absolute atomic E-state index is 13.3. The van der Waals surface area contributed by atoms with Gasteiger partial charge in [-0.3, -0.25) is 9.59 Å². The number of amides is 3. The number of likely N-dealkylation sites (N-methyl/N-ethyl adjacent to an activating group) is 1. The summed E-state index contributed by atoms with van der Waals surface area (Å²) in [5.74, 6) is -0.307. The minimum absolute atomic E-state index is 0.0556. The number of carbonyl (C=O) groups is 4. The lowest BCUT2D eigenvalue weighted by atomic mass is 9.85. The summed E-state index contributed by atoms with van der Waals surface area (Å²) in [6.07, 6.45) is 7.56. The molecule has 226 valence electrons. The van der Waals surface area contributed by atoms with Gasteiger partial charge in [0.1, 0.15) is 6.29 Å². The number of ether oxygens (including phenoxy) is 1. The molecule has 42 heavy (non-hydrogen) atoms. The average molecular weight is 596 g/mol. The molecule has 2 aromatic rings. The number of nitrogens with one attached hydrogen (secondary N) is 2. The van der Waals surface area contributed by atoms with E-state index in [9.17, 15) is 19.2 Å². The van der Waals surface area contributed by atoms with Gasteiger partial charge < -0.3 is 25.1 Å². The van der Waals surface area contributed by atoms with Gasteiger partial charge in [-0.25, -0.2) is 4.79 Å². The summed E-state index contributed by atoms with van der Waals surface area (Å²) in [6.45, 7) is 0.204. The van der Waals surface area contributed by atoms with Crippen molar-refractivity contribution in [2.75, 3.05) is 7.05 Å². The van der Waals surface area contributed by atoms with Crippen molar-refractivity contribution >= 4 is 35.8 Å². The number of carbonyl (C=O) groups excluding carboxylic acids is 4. The third-order valence-electron chi connectivity index (χ3n) is 8.59. The van der Waals surface area contributed by atoms with Crippen LogP contribution in [0.1, 0.15) is 75.3 Å². The number of halogens is 1. The summed E-state index contributed by atoms with van der Waals surface area (Å²) in [6, 6.07) is 16.4. The van der Waals surface area contributed by atoms with Crippen LogP contribution in [-0.2, 0) is 32.1 Å². The average Bonchev–Trinajstić information content (AvgIpc) is 3.78. The Morgan fingerprint density at radius 2 is 1.76 bits per heavy atom. The van der Waals surface area contributed by atoms with Gasteiger partial charge in [0.25, 0.3) is 5.91 Å². The lowest BCUT2D eigenvalue weighted by Gasteiger charge is -2.29. The van der Waals surface area contributed by atoms with Crippen LogP contribution in [-0.4, -0.2) is 53.8 Å². The summed E-state index contributed by atoms with van der Waals surface area (Å²) >= 11 is 6.03. The maximum atomic E-state index is 13.3. The number of rotatable bonds is 14. The van der Waals surface area contributed by atoms with Crippen LogP contribution in [0.4, 0.5) is 4.79 Å². The van der Waals surface area contributed by atoms with Gasteiger partial charge in [0.2, 0.25) is 5.91 Å². The van der Waals surface area contributed by atoms with Gasteiger partial charge in [-0.15, -0.1) is 0 Å². The van der Waals surface area contributed by atoms with Crippen LogP contribution in [0.3, 0.4) is 0 Å². The van der Waals surface area contributed by atoms with Crippen molar-refractivity contribution in [2.24, 2.45) is 5.92 Å². The highest BCUT2D eigenvalue weighted by atomic mass is 35.5. The minimum Gasteiger partial charge on any atom is -0.436 e. The molecule has 2 aromatic carbocycles. The van der Waals surface area contributed by atoms with Gasteiger partial charge in [0.05, 0.1) is 6.04 Å². The second kappa shape index (κ2) is 15.2. The normalized spacial score (nSPS) is 17.4. The van der Waals surface area contributed by atoms with E-state index in [1.165, 1.54) is 5.56 Å². The molecule has 2 fully saturated rings. The number of hydrogen-bond donors (Lipinski definition) is 2. The van der Waals surface area contributed by atoms with Crippen LogP contribution in [0.2, 0.25) is 5.02 Å². The molecule has 2 N–H and O–H groups in total. The second-order valence-corrected chi connectivity index (χ2v) is 12.2. The van der Waals surface area contributed by atoms with E-state index in [4.69, 9.17) is 16.3 Å². The van der Waals surface area contributed by atoms with Crippen LogP contribution >= 0.6 is 11.6 Å². The van der Waals surface area contributed by atoms with E-state index in [-0.39, 0.29) is 36.8 Å². The summed E-state index contributed by atoms with van der Waals surface area (Å²) < 4.78 is 5.60. The molecule has 0 heterocycles. The van der Waals surface area contributed by atoms with Gasteiger partial charge in [-0.1, -0.05) is 86.2 Å². The summed E-state index contributed by atoms with van der Waals surface area (Å²) in [7, 11) is 1.82. The highest BCUT2D eigenvalue weighted by molar-refractivity contribution is 6.30. The zero-order valence-corrected chi connectivity index (χ0v) is 25.1. The molecule has 0 aliphatic heterocycles. The predicted molar refractivity (Wildman–Crippen MR) is 162 cm³/mol. The first kappa shape index (κ1) is 31.5. The van der Waals surface area contributed by atoms with Crippen molar-refractivity contribution in [3.8, 4) is 0 Å². The van der Waals surface area contributed by atoms with E-state index in [0.29, 0.717) is 17.7 Å². The van der Waals surface area contributed by atoms with Crippen LogP contribution < -0.4 is 10.6 Å². The van der Waals surface area contributed by atoms with E-state index < -0.39 is 24.1 Å². The van der Waals surface area contributed by atoms with E-state index in [1.54, 1.807) is 18.2 Å². The van der Waals surface area contributed by atoms with E-state index in [1.807, 2.05) is 36.2 Å². The predicted octanol–water partition coefficient (Wildman–Crippen LogP) is 5.60. The first-order chi connectivity index (χ1) is 20.3. The zero-order chi connectivity index (χ0) is 30.0. The number of alkyl carbamates (subject to hydrolysis) is 1. The molecule has 0 aromatic heterocycles. The molecule has 9 heteroatoms. The number of hydrogen-bond acceptors (Lipinski definition) is 5. The molecule has 3 amide bonds. The molecule has 2 atom stereocenters. The third kappa shape index (κ3) is 9.31. The first-order valence-corrected chi connectivity index (χ1v) is 15.4. The van der Waals surface area contributed by atoms with Crippen molar-refractivity contribution in [2.45, 2.75) is 94.9 Å². The molecule has 0 saturated heterocycles. The van der Waals surface area contributed by atoms with Crippen molar-refractivity contribution in [3.63, 3.8) is 0 Å². The van der Waals surface area contributed by atoms with E-state index in [2.05, 4.69) is 22.8 Å². The molecule has 4 rings (SSSR count). The summed E-state index contributed by atoms with van der Waals surface area (Å²) in [4.78, 5) is 52.8. The molecular weight excluding hydrogens is 554 g/mol. The highest BCUT2D eigenvalue weighted by Crippen LogP contribution is 2.44. The zero-order valence-electron chi connectivity index (χ0n) is 24.4. The fourth-order valence-corrected chi connectivity index (χ4v) is 6.05. The van der Waals surface area contributed by atoms with Gasteiger partial charge in [0, 0.05) is 30.6 Å². The first-order valence-electron chi connectivity index (χ1n) is 15.0. The molecular formula is C33H42ClN3O5. The number of aldehydes is 1. The molecule has 8 nitrogen and oxygen atoms in total. The van der Waals surface area contributed by atoms with Crippen molar-refractivity contribution in [3.05, 3.63) is 70.7 Å². The van der Waals surface area contributed by atoms with Crippen LogP contribution in [0.5, 0.6) is 0 Å². The fourth-order valence-electron chi connectivity index (χ4n) is 5.84. The summed E-state index contributed by atoms with van der Waals surface area (Å²) in [5, 5.41) is 5.98. The molecule has 2 aliphatic rings. The lowest BCUT2D eigenvalue weighted by Crippen LogP contribution is -2.46. The van der Waals surface area contributed by atoms with Crippen LogP contribution in [0.15, 0.2) is 54.6 Å². The molecule has 2 aliphatic carbocycles. The third-order valence-corrected chi connectivity index (χ3v) is 8.82. The topological polar surface area (TPSA) is 105 Å². The molecule has 2 saturated carbocycles. The highest BCUT2D eigenvalue weighted by Gasteiger charge is 2.48. The van der Waals surface area contributed by atoms with Gasteiger partial charge in [0.15, 0.2) is 6.10 Å². The SMILES string of the molecule is CN(C(=O)CC[C@@H](C=O)NC(=O)[C@H](CC1CCCCC1)OC(=O)NCc1cccc(Cl)c1)C1(Cc2ccccc2)CC1. The van der Waals surface area contributed by atoms with Gasteiger partial charge >= 0.3 is 6.09 Å². The second-order valence-electron chi connectivity index (χ2n) is 11.7. The Bertz CT molecular complexity index is 1210. The molecule has 0 radical (unpaired) electrons. The van der Waals surface area contributed by atoms with Gasteiger partial charge in [-0.05, 0) is 61.3 Å². The smallest absolute Gasteiger partial charge is 0.408 e. The monoisotopic (exact) mass is 595 g/mol. The Morgan fingerprint density at radius 3 is 2.43 bits per heavy atom. The maximum Gasteiger partial charge on any atom is 0.408 e. The fraction of sp³-hybridized carbons (Fsp3) is 0.515. The molecule has 0 bridgehead atoms. The van der Waals surface area contributed by atoms with Crippen molar-refractivity contribution < 1.29 is 23.9 Å². The Kier molecular flexibility index (Phi) is 11.4. The van der Waals surface area contributed by atoms with E-state index in [0.717, 1.165) is 56.9 Å². The Balaban J connectivity index is 1.30. The van der Waals surface area contributed by atoms with Crippen molar-refractivity contribution in [1.82, 2.24) is 15.5 Å². The number of nitrogens with zero attached hydrogens (tertiary/aromatic N) is 1. The number of benzene rings is 2. The standard InChI is InChI=1S/C33H42ClN3O5/c1-37(33(17-18-33)21-25-11-6-3-7-12-25)30(39)16-15-28(23-38)36-31(40)29(20-24-9-4-2-5-10-24)42-32(41)35-22-26-13-8-14-27(34)19-26/h3,6-8,11-14,19,23-24,28-29H,2,4-5,9-10,15-18,20-22H2,1H3,(H,35,41)(H,36,40)/t28-,29-/m0/s1. The molecule has 0 spiro atoms. The minimum atomic E-state index is -1.03. The van der Waals surface area contributed by atoms with Gasteiger partial charge in [-0.2, -0.15) is 0 Å². The Hall–Kier alpha value is -3.39. The van der Waals surface area contributed by atoms with Crippen molar-refractivity contribution in [1.29, 1.82) is 0 Å². The summed E-state index contributed by atoms with van der Waals surface area (Å²) in [5.41, 5.74) is 1.81. The largest absolute Gasteiger partial charge is 0.436 e. The lowest BCUT2D eigenvalue weighted by molar-refractivity contribution is -0.135. The molecule has 0 unspecified atom stereocenters. The Morgan fingerprint density at radius 1 is 1.05 bits per heavy atom. The van der Waals surface area contributed by atoms with E-state index >= 15 is 0 Å². The van der Waals surface area contributed by atoms with Crippen LogP contribution in [0.25, 0.3) is 0 Å². The van der Waals surface area contributed by atoms with Crippen LogP contribution in [0, 0.1) is 5.92 Å².